The molecule has 0 spiro atoms. The molecule has 5 nitrogen and oxygen atoms in total. The quantitative estimate of drug-likeness (QED) is 0.720. The lowest BCUT2D eigenvalue weighted by Gasteiger charge is -2.26. The van der Waals surface area contributed by atoms with Gasteiger partial charge in [0.1, 0.15) is 0 Å². The zero-order chi connectivity index (χ0) is 13.4. The van der Waals surface area contributed by atoms with Gasteiger partial charge in [-0.25, -0.2) is 4.79 Å². The third-order valence-electron chi connectivity index (χ3n) is 2.97. The summed E-state index contributed by atoms with van der Waals surface area (Å²) in [7, 11) is 1.77. The maximum Gasteiger partial charge on any atom is 0.317 e. The largest absolute Gasteiger partial charge is 0.481 e. The van der Waals surface area contributed by atoms with Gasteiger partial charge in [0.05, 0.1) is 0 Å². The maximum atomic E-state index is 11.7. The number of carbonyl (C=O) groups is 2. The molecule has 0 saturated carbocycles. The van der Waals surface area contributed by atoms with E-state index in [9.17, 15) is 9.59 Å². The lowest BCUT2D eigenvalue weighted by molar-refractivity contribution is -0.137. The highest BCUT2D eigenvalue weighted by Gasteiger charge is 2.15. The van der Waals surface area contributed by atoms with Crippen molar-refractivity contribution in [3.8, 4) is 0 Å². The highest BCUT2D eigenvalue weighted by atomic mass is 16.4. The molecule has 0 radical (unpaired) electrons. The van der Waals surface area contributed by atoms with Crippen molar-refractivity contribution in [1.82, 2.24) is 10.2 Å². The summed E-state index contributed by atoms with van der Waals surface area (Å²) >= 11 is 0. The smallest absolute Gasteiger partial charge is 0.317 e. The number of nitrogens with one attached hydrogen (secondary N) is 1. The summed E-state index contributed by atoms with van der Waals surface area (Å²) in [4.78, 5) is 23.8. The van der Waals surface area contributed by atoms with Crippen LogP contribution in [0.15, 0.2) is 0 Å². The van der Waals surface area contributed by atoms with E-state index in [4.69, 9.17) is 5.11 Å². The molecular formula is C12H24N2O3. The molecule has 0 aliphatic carbocycles. The van der Waals surface area contributed by atoms with Gasteiger partial charge >= 0.3 is 12.0 Å². The molecule has 0 aliphatic rings. The summed E-state index contributed by atoms with van der Waals surface area (Å²) in [5.41, 5.74) is 0. The van der Waals surface area contributed by atoms with Gasteiger partial charge in [0, 0.05) is 25.6 Å². The van der Waals surface area contributed by atoms with E-state index in [1.807, 2.05) is 20.8 Å². The third kappa shape index (κ3) is 6.81. The van der Waals surface area contributed by atoms with Crippen LogP contribution in [0.5, 0.6) is 0 Å². The number of carboxylic acid groups (broad SMARTS) is 1. The van der Waals surface area contributed by atoms with Crippen molar-refractivity contribution < 1.29 is 14.7 Å². The van der Waals surface area contributed by atoms with E-state index in [0.29, 0.717) is 12.8 Å². The van der Waals surface area contributed by atoms with Gasteiger partial charge in [-0.15, -0.1) is 0 Å². The Morgan fingerprint density at radius 1 is 1.35 bits per heavy atom. The van der Waals surface area contributed by atoms with Gasteiger partial charge in [0.25, 0.3) is 0 Å². The van der Waals surface area contributed by atoms with E-state index in [1.54, 1.807) is 11.9 Å². The number of urea groups is 1. The van der Waals surface area contributed by atoms with Crippen LogP contribution in [0.25, 0.3) is 0 Å². The number of hydrogen-bond acceptors (Lipinski definition) is 2. The number of nitrogens with zero attached hydrogens (tertiary/aromatic N) is 1. The second-order valence-corrected chi connectivity index (χ2v) is 4.50. The molecule has 100 valence electrons. The topological polar surface area (TPSA) is 69.6 Å². The first kappa shape index (κ1) is 15.7. The molecule has 2 unspecified atom stereocenters. The summed E-state index contributed by atoms with van der Waals surface area (Å²) in [6, 6.07) is 0.122. The number of rotatable bonds is 7. The van der Waals surface area contributed by atoms with E-state index < -0.39 is 5.97 Å². The van der Waals surface area contributed by atoms with Crippen molar-refractivity contribution in [1.29, 1.82) is 0 Å². The molecule has 0 aromatic heterocycles. The number of carbonyl (C=O) groups excluding carboxylic acids is 1. The molecule has 0 fully saturated rings. The van der Waals surface area contributed by atoms with Crippen molar-refractivity contribution in [2.75, 3.05) is 7.05 Å². The Kier molecular flexibility index (Phi) is 7.34. The van der Waals surface area contributed by atoms with Gasteiger partial charge in [-0.1, -0.05) is 6.92 Å². The standard InChI is InChI=1S/C12H24N2O3/c1-5-10(3)14(4)12(17)13-9(2)7-6-8-11(15)16/h9-10H,5-8H2,1-4H3,(H,13,17)(H,15,16). The van der Waals surface area contributed by atoms with Gasteiger partial charge in [-0.3, -0.25) is 4.79 Å². The van der Waals surface area contributed by atoms with Crippen LogP contribution in [0, 0.1) is 0 Å². The number of hydrogen-bond donors (Lipinski definition) is 2. The normalized spacial score (nSPS) is 13.9. The van der Waals surface area contributed by atoms with Gasteiger partial charge in [-0.05, 0) is 33.1 Å². The predicted molar refractivity (Wildman–Crippen MR) is 67.0 cm³/mol. The van der Waals surface area contributed by atoms with E-state index in [-0.39, 0.29) is 24.5 Å². The van der Waals surface area contributed by atoms with E-state index in [2.05, 4.69) is 5.32 Å². The Bertz CT molecular complexity index is 256. The molecular weight excluding hydrogens is 220 g/mol. The molecule has 2 atom stereocenters. The van der Waals surface area contributed by atoms with Crippen LogP contribution in [0.2, 0.25) is 0 Å². The van der Waals surface area contributed by atoms with Gasteiger partial charge < -0.3 is 15.3 Å². The van der Waals surface area contributed by atoms with Crippen LogP contribution in [-0.2, 0) is 4.79 Å². The van der Waals surface area contributed by atoms with E-state index in [1.165, 1.54) is 0 Å². The first-order valence-corrected chi connectivity index (χ1v) is 6.13. The average Bonchev–Trinajstić information content (AvgIpc) is 2.26. The number of carboxylic acids is 1. The lowest BCUT2D eigenvalue weighted by atomic mass is 10.1. The summed E-state index contributed by atoms with van der Waals surface area (Å²) in [6.45, 7) is 5.92. The molecule has 0 aromatic rings. The SMILES string of the molecule is CCC(C)N(C)C(=O)NC(C)CCCC(=O)O. The fraction of sp³-hybridized carbons (Fsp3) is 0.833. The number of amides is 2. The lowest BCUT2D eigenvalue weighted by Crippen LogP contribution is -2.45. The fourth-order valence-corrected chi connectivity index (χ4v) is 1.42. The molecule has 0 aliphatic heterocycles. The second kappa shape index (κ2) is 7.92. The minimum Gasteiger partial charge on any atom is -0.481 e. The molecule has 0 bridgehead atoms. The zero-order valence-corrected chi connectivity index (χ0v) is 11.2. The van der Waals surface area contributed by atoms with E-state index >= 15 is 0 Å². The first-order valence-electron chi connectivity index (χ1n) is 6.13. The van der Waals surface area contributed by atoms with Crippen LogP contribution < -0.4 is 5.32 Å². The van der Waals surface area contributed by atoms with Crippen LogP contribution in [0.1, 0.15) is 46.5 Å². The van der Waals surface area contributed by atoms with Gasteiger partial charge in [0.15, 0.2) is 0 Å². The Labute approximate surface area is 103 Å². The Balaban J connectivity index is 3.90. The second-order valence-electron chi connectivity index (χ2n) is 4.50. The molecule has 5 heteroatoms. The maximum absolute atomic E-state index is 11.7. The third-order valence-corrected chi connectivity index (χ3v) is 2.97. The summed E-state index contributed by atoms with van der Waals surface area (Å²) < 4.78 is 0. The molecule has 0 heterocycles. The first-order chi connectivity index (χ1) is 7.88. The highest BCUT2D eigenvalue weighted by molar-refractivity contribution is 5.74. The molecule has 17 heavy (non-hydrogen) atoms. The Morgan fingerprint density at radius 3 is 2.41 bits per heavy atom. The van der Waals surface area contributed by atoms with Gasteiger partial charge in [0.2, 0.25) is 0 Å². The van der Waals surface area contributed by atoms with Crippen molar-refractivity contribution in [3.05, 3.63) is 0 Å². The number of aliphatic carboxylic acids is 1. The van der Waals surface area contributed by atoms with Crippen molar-refractivity contribution >= 4 is 12.0 Å². The van der Waals surface area contributed by atoms with Crippen LogP contribution in [0.3, 0.4) is 0 Å². The molecule has 0 saturated heterocycles. The van der Waals surface area contributed by atoms with Crippen molar-refractivity contribution in [2.45, 2.75) is 58.5 Å². The molecule has 0 rings (SSSR count). The van der Waals surface area contributed by atoms with Crippen LogP contribution in [0.4, 0.5) is 4.79 Å². The fourth-order valence-electron chi connectivity index (χ4n) is 1.42. The zero-order valence-electron chi connectivity index (χ0n) is 11.2. The summed E-state index contributed by atoms with van der Waals surface area (Å²) in [5, 5.41) is 11.4. The average molecular weight is 244 g/mol. The summed E-state index contributed by atoms with van der Waals surface area (Å²) in [6.07, 6.45) is 2.34. The highest BCUT2D eigenvalue weighted by Crippen LogP contribution is 2.04. The minimum atomic E-state index is -0.791. The van der Waals surface area contributed by atoms with Crippen molar-refractivity contribution in [3.63, 3.8) is 0 Å². The predicted octanol–water partition coefficient (Wildman–Crippen LogP) is 2.07. The Morgan fingerprint density at radius 2 is 1.94 bits per heavy atom. The molecule has 0 aromatic carbocycles. The van der Waals surface area contributed by atoms with Crippen LogP contribution in [-0.4, -0.2) is 41.1 Å². The minimum absolute atomic E-state index is 0.00774. The van der Waals surface area contributed by atoms with Crippen molar-refractivity contribution in [2.24, 2.45) is 0 Å². The molecule has 2 amide bonds. The van der Waals surface area contributed by atoms with E-state index in [0.717, 1.165) is 6.42 Å². The van der Waals surface area contributed by atoms with Gasteiger partial charge in [-0.2, -0.15) is 0 Å². The monoisotopic (exact) mass is 244 g/mol. The van der Waals surface area contributed by atoms with Crippen LogP contribution >= 0.6 is 0 Å². The molecule has 2 N–H and O–H groups in total. The summed E-state index contributed by atoms with van der Waals surface area (Å²) in [5.74, 6) is -0.791. The Hall–Kier alpha value is -1.26.